The predicted molar refractivity (Wildman–Crippen MR) is 62.6 cm³/mol. The standard InChI is InChI=1S/C10H11ClF3NO2S/c1-15(18(16,17)7-11)6-8-2-4-9(5-3-8)10(12,13)14/h2-5H,6-7H2,1H3. The van der Waals surface area contributed by atoms with E-state index in [-0.39, 0.29) is 6.54 Å². The van der Waals surface area contributed by atoms with Crippen LogP contribution in [0.5, 0.6) is 0 Å². The lowest BCUT2D eigenvalue weighted by Crippen LogP contribution is -2.27. The van der Waals surface area contributed by atoms with Crippen LogP contribution in [0.4, 0.5) is 13.2 Å². The van der Waals surface area contributed by atoms with Crippen LogP contribution in [-0.2, 0) is 22.7 Å². The first-order chi connectivity index (χ1) is 8.16. The molecule has 0 aromatic heterocycles. The minimum Gasteiger partial charge on any atom is -0.211 e. The van der Waals surface area contributed by atoms with Gasteiger partial charge in [-0.2, -0.15) is 17.5 Å². The first kappa shape index (κ1) is 15.3. The van der Waals surface area contributed by atoms with Gasteiger partial charge in [-0.3, -0.25) is 0 Å². The van der Waals surface area contributed by atoms with Gasteiger partial charge in [0, 0.05) is 13.6 Å². The Kier molecular flexibility index (Phi) is 4.63. The van der Waals surface area contributed by atoms with E-state index in [2.05, 4.69) is 0 Å². The summed E-state index contributed by atoms with van der Waals surface area (Å²) >= 11 is 5.26. The van der Waals surface area contributed by atoms with Crippen molar-refractivity contribution in [3.05, 3.63) is 35.4 Å². The van der Waals surface area contributed by atoms with Gasteiger partial charge in [-0.1, -0.05) is 12.1 Å². The van der Waals surface area contributed by atoms with E-state index < -0.39 is 27.0 Å². The molecule has 0 unspecified atom stereocenters. The molecule has 102 valence electrons. The summed E-state index contributed by atoms with van der Waals surface area (Å²) in [6, 6.07) is 4.30. The molecule has 0 bridgehead atoms. The van der Waals surface area contributed by atoms with E-state index >= 15 is 0 Å². The first-order valence-electron chi connectivity index (χ1n) is 4.83. The van der Waals surface area contributed by atoms with Crippen LogP contribution in [0.25, 0.3) is 0 Å². The molecule has 0 saturated carbocycles. The average molecular weight is 302 g/mol. The van der Waals surface area contributed by atoms with Crippen molar-refractivity contribution in [2.75, 3.05) is 12.3 Å². The van der Waals surface area contributed by atoms with Crippen LogP contribution in [0.2, 0.25) is 0 Å². The topological polar surface area (TPSA) is 37.4 Å². The predicted octanol–water partition coefficient (Wildman–Crippen LogP) is 2.66. The van der Waals surface area contributed by atoms with Crippen molar-refractivity contribution in [1.82, 2.24) is 4.31 Å². The molecule has 0 aliphatic carbocycles. The van der Waals surface area contributed by atoms with E-state index in [1.807, 2.05) is 0 Å². The van der Waals surface area contributed by atoms with E-state index in [0.29, 0.717) is 5.56 Å². The molecule has 3 nitrogen and oxygen atoms in total. The van der Waals surface area contributed by atoms with Crippen molar-refractivity contribution in [3.63, 3.8) is 0 Å². The Morgan fingerprint density at radius 3 is 2.11 bits per heavy atom. The quantitative estimate of drug-likeness (QED) is 0.802. The van der Waals surface area contributed by atoms with Gasteiger partial charge >= 0.3 is 6.18 Å². The maximum atomic E-state index is 12.3. The lowest BCUT2D eigenvalue weighted by Gasteiger charge is -2.15. The SMILES string of the molecule is CN(Cc1ccc(C(F)(F)F)cc1)S(=O)(=O)CCl. The van der Waals surface area contributed by atoms with Crippen molar-refractivity contribution in [1.29, 1.82) is 0 Å². The highest BCUT2D eigenvalue weighted by atomic mass is 35.5. The van der Waals surface area contributed by atoms with Crippen molar-refractivity contribution >= 4 is 21.6 Å². The van der Waals surface area contributed by atoms with Crippen molar-refractivity contribution in [2.24, 2.45) is 0 Å². The molecular formula is C10H11ClF3NO2S. The Hall–Kier alpha value is -0.790. The zero-order valence-electron chi connectivity index (χ0n) is 9.41. The smallest absolute Gasteiger partial charge is 0.211 e. The number of nitrogens with zero attached hydrogens (tertiary/aromatic N) is 1. The molecule has 0 spiro atoms. The van der Waals surface area contributed by atoms with Crippen molar-refractivity contribution < 1.29 is 21.6 Å². The van der Waals surface area contributed by atoms with Crippen molar-refractivity contribution in [2.45, 2.75) is 12.7 Å². The number of halogens is 4. The van der Waals surface area contributed by atoms with Gasteiger partial charge in [0.25, 0.3) is 0 Å². The third kappa shape index (κ3) is 3.86. The summed E-state index contributed by atoms with van der Waals surface area (Å²) in [6.07, 6.45) is -4.40. The second kappa shape index (κ2) is 5.46. The molecule has 0 fully saturated rings. The van der Waals surface area contributed by atoms with Gasteiger partial charge in [-0.05, 0) is 17.7 Å². The summed E-state index contributed by atoms with van der Waals surface area (Å²) in [5.41, 5.74) is -0.312. The third-order valence-electron chi connectivity index (χ3n) is 2.30. The molecule has 0 radical (unpaired) electrons. The highest BCUT2D eigenvalue weighted by molar-refractivity contribution is 7.90. The third-order valence-corrected chi connectivity index (χ3v) is 4.48. The normalized spacial score (nSPS) is 13.0. The molecule has 0 aliphatic rings. The van der Waals surface area contributed by atoms with Gasteiger partial charge in [-0.15, -0.1) is 11.6 Å². The maximum absolute atomic E-state index is 12.3. The minimum atomic E-state index is -4.40. The molecule has 8 heteroatoms. The Bertz CT molecular complexity index is 499. The fourth-order valence-corrected chi connectivity index (χ4v) is 2.25. The highest BCUT2D eigenvalue weighted by Gasteiger charge is 2.30. The number of hydrogen-bond donors (Lipinski definition) is 0. The highest BCUT2D eigenvalue weighted by Crippen LogP contribution is 2.29. The Morgan fingerprint density at radius 2 is 1.72 bits per heavy atom. The lowest BCUT2D eigenvalue weighted by atomic mass is 10.1. The van der Waals surface area contributed by atoms with Crippen LogP contribution < -0.4 is 0 Å². The molecule has 0 heterocycles. The Balaban J connectivity index is 2.82. The molecule has 1 aromatic rings. The second-order valence-corrected chi connectivity index (χ2v) is 6.33. The lowest BCUT2D eigenvalue weighted by molar-refractivity contribution is -0.137. The summed E-state index contributed by atoms with van der Waals surface area (Å²) in [5, 5.41) is -0.565. The van der Waals surface area contributed by atoms with Crippen LogP contribution in [0.1, 0.15) is 11.1 Å². The molecule has 18 heavy (non-hydrogen) atoms. The number of benzene rings is 1. The van der Waals surface area contributed by atoms with Gasteiger partial charge in [0.05, 0.1) is 5.56 Å². The summed E-state index contributed by atoms with van der Waals surface area (Å²) in [7, 11) is -2.24. The van der Waals surface area contributed by atoms with Crippen LogP contribution in [0.15, 0.2) is 24.3 Å². The van der Waals surface area contributed by atoms with Gasteiger partial charge in [0.1, 0.15) is 5.21 Å². The largest absolute Gasteiger partial charge is 0.416 e. The fourth-order valence-electron chi connectivity index (χ4n) is 1.24. The Labute approximate surface area is 108 Å². The van der Waals surface area contributed by atoms with E-state index in [9.17, 15) is 21.6 Å². The summed E-state index contributed by atoms with van der Waals surface area (Å²) in [6.45, 7) is -0.0206. The molecular weight excluding hydrogens is 291 g/mol. The molecule has 0 atom stereocenters. The second-order valence-electron chi connectivity index (χ2n) is 3.67. The van der Waals surface area contributed by atoms with Crippen LogP contribution in [-0.4, -0.2) is 25.0 Å². The van der Waals surface area contributed by atoms with Gasteiger partial charge in [0.15, 0.2) is 0 Å². The molecule has 0 amide bonds. The van der Waals surface area contributed by atoms with Crippen LogP contribution in [0.3, 0.4) is 0 Å². The summed E-state index contributed by atoms with van der Waals surface area (Å²) in [4.78, 5) is 0. The van der Waals surface area contributed by atoms with Crippen molar-refractivity contribution in [3.8, 4) is 0 Å². The molecule has 0 saturated heterocycles. The number of hydrogen-bond acceptors (Lipinski definition) is 2. The first-order valence-corrected chi connectivity index (χ1v) is 6.97. The van der Waals surface area contributed by atoms with E-state index in [4.69, 9.17) is 11.6 Å². The van der Waals surface area contributed by atoms with E-state index in [1.165, 1.54) is 19.2 Å². The van der Waals surface area contributed by atoms with E-state index in [1.54, 1.807) is 0 Å². The molecule has 1 rings (SSSR count). The van der Waals surface area contributed by atoms with Crippen LogP contribution in [0, 0.1) is 0 Å². The van der Waals surface area contributed by atoms with Gasteiger partial charge in [0.2, 0.25) is 10.0 Å². The number of sulfonamides is 1. The summed E-state index contributed by atoms with van der Waals surface area (Å²) < 4.78 is 60.6. The molecule has 0 aliphatic heterocycles. The monoisotopic (exact) mass is 301 g/mol. The Morgan fingerprint density at radius 1 is 1.22 bits per heavy atom. The number of rotatable bonds is 4. The minimum absolute atomic E-state index is 0.0206. The average Bonchev–Trinajstić information content (AvgIpc) is 2.28. The van der Waals surface area contributed by atoms with Crippen LogP contribution >= 0.6 is 11.6 Å². The fraction of sp³-hybridized carbons (Fsp3) is 0.400. The number of alkyl halides is 4. The van der Waals surface area contributed by atoms with E-state index in [0.717, 1.165) is 16.4 Å². The molecule has 1 aromatic carbocycles. The maximum Gasteiger partial charge on any atom is 0.416 e. The van der Waals surface area contributed by atoms with Gasteiger partial charge in [-0.25, -0.2) is 8.42 Å². The molecule has 0 N–H and O–H groups in total. The zero-order valence-corrected chi connectivity index (χ0v) is 11.0. The van der Waals surface area contributed by atoms with Gasteiger partial charge < -0.3 is 0 Å². The summed E-state index contributed by atoms with van der Waals surface area (Å²) in [5.74, 6) is 0. The zero-order chi connectivity index (χ0) is 14.0.